The van der Waals surface area contributed by atoms with Crippen LogP contribution >= 0.6 is 11.3 Å². The summed E-state index contributed by atoms with van der Waals surface area (Å²) < 4.78 is 25.4. The van der Waals surface area contributed by atoms with E-state index in [4.69, 9.17) is 0 Å². The maximum atomic E-state index is 11.7. The molecular weight excluding hydrogens is 280 g/mol. The molecule has 100 valence electrons. The number of carbonyl (C=O) groups is 2. The van der Waals surface area contributed by atoms with Crippen LogP contribution in [-0.4, -0.2) is 33.4 Å². The fraction of sp³-hybridized carbons (Fsp3) is 0.333. The van der Waals surface area contributed by atoms with Gasteiger partial charge in [-0.05, 0) is 13.0 Å². The van der Waals surface area contributed by atoms with Crippen LogP contribution in [0.4, 0.5) is 0 Å². The summed E-state index contributed by atoms with van der Waals surface area (Å²) in [7, 11) is -2.54. The Labute approximate surface area is 108 Å². The number of carbonyl (C=O) groups excluding carboxylic acids is 2. The topological polar surface area (TPSA) is 115 Å². The zero-order chi connectivity index (χ0) is 13.9. The van der Waals surface area contributed by atoms with Gasteiger partial charge in [0, 0.05) is 12.4 Å². The molecule has 0 aliphatic heterocycles. The number of carboxylic acid groups (broad SMARTS) is 1. The van der Waals surface area contributed by atoms with Crippen molar-refractivity contribution >= 4 is 33.2 Å². The van der Waals surface area contributed by atoms with Crippen molar-refractivity contribution in [1.29, 1.82) is 0 Å². The Hall–Kier alpha value is -1.45. The predicted octanol–water partition coefficient (Wildman–Crippen LogP) is -1.48. The van der Waals surface area contributed by atoms with Crippen LogP contribution in [0, 0.1) is 0 Å². The molecule has 0 unspecified atom stereocenters. The molecule has 18 heavy (non-hydrogen) atoms. The number of carboxylic acids is 1. The van der Waals surface area contributed by atoms with Crippen molar-refractivity contribution < 1.29 is 23.1 Å². The summed E-state index contributed by atoms with van der Waals surface area (Å²) in [4.78, 5) is 21.8. The summed E-state index contributed by atoms with van der Waals surface area (Å²) in [6.07, 6.45) is 0. The largest absolute Gasteiger partial charge is 0.548 e. The summed E-state index contributed by atoms with van der Waals surface area (Å²) in [5, 5.41) is 14.1. The zero-order valence-electron chi connectivity index (χ0n) is 9.59. The maximum absolute atomic E-state index is 11.7. The van der Waals surface area contributed by atoms with Gasteiger partial charge in [0.2, 0.25) is 10.0 Å². The molecule has 0 aliphatic carbocycles. The smallest absolute Gasteiger partial charge is 0.261 e. The van der Waals surface area contributed by atoms with Gasteiger partial charge in [-0.3, -0.25) is 4.79 Å². The number of rotatable bonds is 5. The lowest BCUT2D eigenvalue weighted by atomic mass is 10.4. The summed E-state index contributed by atoms with van der Waals surface area (Å²) >= 11 is 0.950. The molecule has 0 spiro atoms. The van der Waals surface area contributed by atoms with Crippen LogP contribution in [0.2, 0.25) is 0 Å². The highest BCUT2D eigenvalue weighted by Crippen LogP contribution is 2.19. The minimum absolute atomic E-state index is 0.154. The molecule has 0 saturated heterocycles. The molecule has 0 radical (unpaired) electrons. The Morgan fingerprint density at radius 1 is 1.44 bits per heavy atom. The predicted molar refractivity (Wildman–Crippen MR) is 62.5 cm³/mol. The second-order valence-electron chi connectivity index (χ2n) is 3.39. The first-order chi connectivity index (χ1) is 8.27. The van der Waals surface area contributed by atoms with E-state index in [0.29, 0.717) is 0 Å². The highest BCUT2D eigenvalue weighted by Gasteiger charge is 2.20. The van der Waals surface area contributed by atoms with Gasteiger partial charge in [-0.1, -0.05) is 0 Å². The van der Waals surface area contributed by atoms with E-state index < -0.39 is 27.9 Å². The van der Waals surface area contributed by atoms with Crippen LogP contribution < -0.4 is 15.1 Å². The van der Waals surface area contributed by atoms with E-state index in [1.807, 2.05) is 4.72 Å². The molecule has 1 atom stereocenters. The number of hydrogen-bond acceptors (Lipinski definition) is 6. The Morgan fingerprint density at radius 2 is 2.06 bits per heavy atom. The first kappa shape index (κ1) is 14.6. The van der Waals surface area contributed by atoms with Crippen LogP contribution in [0.25, 0.3) is 0 Å². The Balaban J connectivity index is 2.96. The van der Waals surface area contributed by atoms with Gasteiger partial charge in [0.05, 0.1) is 21.8 Å². The molecule has 0 aromatic carbocycles. The monoisotopic (exact) mass is 291 g/mol. The van der Waals surface area contributed by atoms with E-state index >= 15 is 0 Å². The average molecular weight is 291 g/mol. The normalized spacial score (nSPS) is 13.0. The molecule has 0 saturated carbocycles. The molecule has 1 heterocycles. The van der Waals surface area contributed by atoms with Crippen LogP contribution in [0.15, 0.2) is 16.3 Å². The Morgan fingerprint density at radius 3 is 2.56 bits per heavy atom. The fourth-order valence-corrected chi connectivity index (χ4v) is 3.46. The Kier molecular flexibility index (Phi) is 4.43. The van der Waals surface area contributed by atoms with Crippen LogP contribution in [-0.2, 0) is 14.8 Å². The first-order valence-electron chi connectivity index (χ1n) is 4.81. The highest BCUT2D eigenvalue weighted by molar-refractivity contribution is 7.89. The second kappa shape index (κ2) is 5.46. The molecule has 1 aromatic rings. The summed E-state index contributed by atoms with van der Waals surface area (Å²) in [6.45, 7) is 1.15. The van der Waals surface area contributed by atoms with Gasteiger partial charge in [0.25, 0.3) is 5.91 Å². The fourth-order valence-electron chi connectivity index (χ4n) is 1.05. The third-order valence-corrected chi connectivity index (χ3v) is 4.62. The third kappa shape index (κ3) is 3.28. The number of sulfonamides is 1. The van der Waals surface area contributed by atoms with Gasteiger partial charge in [-0.2, -0.15) is 0 Å². The molecule has 7 nitrogen and oxygen atoms in total. The van der Waals surface area contributed by atoms with E-state index in [-0.39, 0.29) is 9.77 Å². The minimum atomic E-state index is -3.97. The van der Waals surface area contributed by atoms with Gasteiger partial charge < -0.3 is 15.2 Å². The molecule has 1 amide bonds. The van der Waals surface area contributed by atoms with E-state index in [9.17, 15) is 23.1 Å². The van der Waals surface area contributed by atoms with Crippen LogP contribution in [0.3, 0.4) is 0 Å². The SMILES string of the molecule is CNC(=O)c1cc(S(=O)(=O)N[C@@H](C)C(=O)[O-])cs1. The van der Waals surface area contributed by atoms with Gasteiger partial charge in [0.15, 0.2) is 0 Å². The quantitative estimate of drug-likeness (QED) is 0.687. The lowest BCUT2D eigenvalue weighted by Crippen LogP contribution is -2.45. The standard InChI is InChI=1S/C9H12N2O5S2/c1-5(9(13)14)11-18(15,16)6-3-7(17-4-6)8(12)10-2/h3-5,11H,1-2H3,(H,10,12)(H,13,14)/p-1/t5-/m0/s1. The lowest BCUT2D eigenvalue weighted by Gasteiger charge is -2.13. The molecule has 9 heteroatoms. The van der Waals surface area contributed by atoms with Gasteiger partial charge in [0.1, 0.15) is 0 Å². The molecule has 1 rings (SSSR count). The second-order valence-corrected chi connectivity index (χ2v) is 6.01. The van der Waals surface area contributed by atoms with Crippen molar-refractivity contribution in [2.24, 2.45) is 0 Å². The molecule has 1 aromatic heterocycles. The summed E-state index contributed by atoms with van der Waals surface area (Å²) in [5.74, 6) is -1.94. The van der Waals surface area contributed by atoms with Gasteiger partial charge in [-0.15, -0.1) is 11.3 Å². The number of hydrogen-bond donors (Lipinski definition) is 2. The maximum Gasteiger partial charge on any atom is 0.261 e. The zero-order valence-corrected chi connectivity index (χ0v) is 11.2. The number of thiophene rings is 1. The third-order valence-electron chi connectivity index (χ3n) is 2.02. The van der Waals surface area contributed by atoms with Crippen molar-refractivity contribution in [3.05, 3.63) is 16.3 Å². The van der Waals surface area contributed by atoms with E-state index in [2.05, 4.69) is 5.32 Å². The minimum Gasteiger partial charge on any atom is -0.548 e. The summed E-state index contributed by atoms with van der Waals surface area (Å²) in [6, 6.07) is -0.174. The van der Waals surface area contributed by atoms with E-state index in [0.717, 1.165) is 18.3 Å². The van der Waals surface area contributed by atoms with Crippen molar-refractivity contribution in [3.8, 4) is 0 Å². The number of amides is 1. The molecular formula is C9H11N2O5S2-. The Bertz CT molecular complexity index is 563. The van der Waals surface area contributed by atoms with Crippen molar-refractivity contribution in [1.82, 2.24) is 10.0 Å². The molecule has 0 aliphatic rings. The molecule has 2 N–H and O–H groups in total. The van der Waals surface area contributed by atoms with Gasteiger partial charge in [-0.25, -0.2) is 13.1 Å². The lowest BCUT2D eigenvalue weighted by molar-refractivity contribution is -0.307. The number of aliphatic carboxylic acids is 1. The molecule has 0 fully saturated rings. The van der Waals surface area contributed by atoms with Crippen LogP contribution in [0.5, 0.6) is 0 Å². The van der Waals surface area contributed by atoms with Crippen LogP contribution in [0.1, 0.15) is 16.6 Å². The van der Waals surface area contributed by atoms with Crippen molar-refractivity contribution in [3.63, 3.8) is 0 Å². The highest BCUT2D eigenvalue weighted by atomic mass is 32.2. The van der Waals surface area contributed by atoms with E-state index in [1.165, 1.54) is 18.5 Å². The summed E-state index contributed by atoms with van der Waals surface area (Å²) in [5.41, 5.74) is 0. The van der Waals surface area contributed by atoms with Crippen molar-refractivity contribution in [2.45, 2.75) is 17.9 Å². The van der Waals surface area contributed by atoms with Gasteiger partial charge >= 0.3 is 0 Å². The van der Waals surface area contributed by atoms with E-state index in [1.54, 1.807) is 0 Å². The number of nitrogens with one attached hydrogen (secondary N) is 2. The molecule has 0 bridgehead atoms. The first-order valence-corrected chi connectivity index (χ1v) is 7.18. The van der Waals surface area contributed by atoms with Crippen molar-refractivity contribution in [2.75, 3.05) is 7.05 Å². The average Bonchev–Trinajstić information content (AvgIpc) is 2.77.